The summed E-state index contributed by atoms with van der Waals surface area (Å²) in [6, 6.07) is 3.31. The number of pyridine rings is 1. The zero-order valence-corrected chi connectivity index (χ0v) is 10.1. The van der Waals surface area contributed by atoms with Crippen LogP contribution in [0.2, 0.25) is 0 Å². The Labute approximate surface area is 101 Å². The highest BCUT2D eigenvalue weighted by Gasteiger charge is 2.02. The van der Waals surface area contributed by atoms with Crippen molar-refractivity contribution in [3.8, 4) is 0 Å². The van der Waals surface area contributed by atoms with Gasteiger partial charge in [-0.05, 0) is 18.6 Å². The van der Waals surface area contributed by atoms with E-state index in [2.05, 4.69) is 15.6 Å². The number of aliphatic hydroxyl groups excluding tert-OH is 1. The fourth-order valence-electron chi connectivity index (χ4n) is 1.18. The van der Waals surface area contributed by atoms with Gasteiger partial charge in [-0.2, -0.15) is 0 Å². The molecule has 0 atom stereocenters. The second kappa shape index (κ2) is 6.70. The Balaban J connectivity index is 2.43. The molecule has 3 N–H and O–H groups in total. The van der Waals surface area contributed by atoms with Gasteiger partial charge in [-0.1, -0.05) is 0 Å². The second-order valence-electron chi connectivity index (χ2n) is 3.76. The van der Waals surface area contributed by atoms with E-state index in [1.807, 2.05) is 25.1 Å². The van der Waals surface area contributed by atoms with Gasteiger partial charge < -0.3 is 20.6 Å². The molecule has 0 unspecified atom stereocenters. The van der Waals surface area contributed by atoms with Gasteiger partial charge in [0.1, 0.15) is 5.82 Å². The number of nitrogens with one attached hydrogen (secondary N) is 2. The number of carbonyl (C=O) groups excluding carboxylic acids is 1. The van der Waals surface area contributed by atoms with Gasteiger partial charge >= 0.3 is 6.03 Å². The molecule has 0 saturated carbocycles. The Morgan fingerprint density at radius 3 is 2.76 bits per heavy atom. The molecular weight excluding hydrogens is 220 g/mol. The van der Waals surface area contributed by atoms with Crippen molar-refractivity contribution in [2.24, 2.45) is 0 Å². The summed E-state index contributed by atoms with van der Waals surface area (Å²) in [4.78, 5) is 17.4. The lowest BCUT2D eigenvalue weighted by atomic mass is 10.4. The summed E-state index contributed by atoms with van der Waals surface area (Å²) in [6.07, 6.45) is 2.15. The predicted octanol–water partition coefficient (Wildman–Crippen LogP) is 0.651. The average molecular weight is 238 g/mol. The van der Waals surface area contributed by atoms with Crippen LogP contribution in [0.25, 0.3) is 0 Å². The Kier molecular flexibility index (Phi) is 5.22. The summed E-state index contributed by atoms with van der Waals surface area (Å²) >= 11 is 0. The quantitative estimate of drug-likeness (QED) is 0.658. The monoisotopic (exact) mass is 238 g/mol. The number of amides is 2. The zero-order chi connectivity index (χ0) is 12.7. The SMILES string of the molecule is CN(C)c1ccc(NC(=O)NCCCO)cn1. The van der Waals surface area contributed by atoms with E-state index >= 15 is 0 Å². The topological polar surface area (TPSA) is 77.5 Å². The fraction of sp³-hybridized carbons (Fsp3) is 0.455. The van der Waals surface area contributed by atoms with Crippen molar-refractivity contribution in [1.82, 2.24) is 10.3 Å². The maximum atomic E-state index is 11.4. The minimum Gasteiger partial charge on any atom is -0.396 e. The van der Waals surface area contributed by atoms with Crippen molar-refractivity contribution >= 4 is 17.5 Å². The molecule has 0 radical (unpaired) electrons. The molecule has 0 aromatic carbocycles. The Hall–Kier alpha value is -1.82. The Morgan fingerprint density at radius 1 is 1.47 bits per heavy atom. The summed E-state index contributed by atoms with van der Waals surface area (Å²) in [7, 11) is 3.80. The van der Waals surface area contributed by atoms with Crippen LogP contribution in [-0.4, -0.2) is 43.4 Å². The number of hydrogen-bond acceptors (Lipinski definition) is 4. The van der Waals surface area contributed by atoms with E-state index in [4.69, 9.17) is 5.11 Å². The zero-order valence-electron chi connectivity index (χ0n) is 10.1. The minimum absolute atomic E-state index is 0.0688. The molecule has 94 valence electrons. The van der Waals surface area contributed by atoms with Gasteiger partial charge in [-0.25, -0.2) is 9.78 Å². The number of nitrogens with zero attached hydrogens (tertiary/aromatic N) is 2. The fourth-order valence-corrected chi connectivity index (χ4v) is 1.18. The van der Waals surface area contributed by atoms with Crippen LogP contribution in [0.3, 0.4) is 0 Å². The van der Waals surface area contributed by atoms with Crippen LogP contribution in [0.15, 0.2) is 18.3 Å². The lowest BCUT2D eigenvalue weighted by Crippen LogP contribution is -2.30. The number of hydrogen-bond donors (Lipinski definition) is 3. The first-order valence-electron chi connectivity index (χ1n) is 5.42. The third-order valence-electron chi connectivity index (χ3n) is 2.08. The van der Waals surface area contributed by atoms with Gasteiger partial charge in [0, 0.05) is 27.2 Å². The molecule has 2 amide bonds. The molecule has 1 aromatic heterocycles. The van der Waals surface area contributed by atoms with E-state index in [9.17, 15) is 4.79 Å². The number of aromatic nitrogens is 1. The molecule has 1 rings (SSSR count). The van der Waals surface area contributed by atoms with Crippen LogP contribution >= 0.6 is 0 Å². The van der Waals surface area contributed by atoms with Crippen molar-refractivity contribution in [1.29, 1.82) is 0 Å². The lowest BCUT2D eigenvalue weighted by molar-refractivity contribution is 0.249. The number of rotatable bonds is 5. The van der Waals surface area contributed by atoms with Crippen LogP contribution in [0.1, 0.15) is 6.42 Å². The first kappa shape index (κ1) is 13.2. The highest BCUT2D eigenvalue weighted by atomic mass is 16.3. The van der Waals surface area contributed by atoms with E-state index in [0.717, 1.165) is 5.82 Å². The summed E-state index contributed by atoms with van der Waals surface area (Å²) in [5.41, 5.74) is 0.636. The largest absolute Gasteiger partial charge is 0.396 e. The minimum atomic E-state index is -0.294. The van der Waals surface area contributed by atoms with Crippen molar-refractivity contribution in [2.75, 3.05) is 37.5 Å². The van der Waals surface area contributed by atoms with Crippen LogP contribution < -0.4 is 15.5 Å². The van der Waals surface area contributed by atoms with Crippen molar-refractivity contribution in [3.05, 3.63) is 18.3 Å². The Morgan fingerprint density at radius 2 is 2.24 bits per heavy atom. The average Bonchev–Trinajstić information content (AvgIpc) is 2.30. The highest BCUT2D eigenvalue weighted by molar-refractivity contribution is 5.89. The molecule has 1 aromatic rings. The highest BCUT2D eigenvalue weighted by Crippen LogP contribution is 2.11. The van der Waals surface area contributed by atoms with E-state index in [0.29, 0.717) is 18.7 Å². The molecule has 0 fully saturated rings. The first-order chi connectivity index (χ1) is 8.13. The predicted molar refractivity (Wildman–Crippen MR) is 67.3 cm³/mol. The Bertz CT molecular complexity index is 351. The maximum Gasteiger partial charge on any atom is 0.319 e. The molecule has 0 spiro atoms. The van der Waals surface area contributed by atoms with Gasteiger partial charge in [0.2, 0.25) is 0 Å². The van der Waals surface area contributed by atoms with Crippen LogP contribution in [0.4, 0.5) is 16.3 Å². The van der Waals surface area contributed by atoms with Gasteiger partial charge in [0.05, 0.1) is 11.9 Å². The van der Waals surface area contributed by atoms with Crippen LogP contribution in [0, 0.1) is 0 Å². The van der Waals surface area contributed by atoms with E-state index in [-0.39, 0.29) is 12.6 Å². The normalized spacial score (nSPS) is 9.82. The van der Waals surface area contributed by atoms with Crippen molar-refractivity contribution < 1.29 is 9.90 Å². The third kappa shape index (κ3) is 4.69. The molecule has 6 heteroatoms. The van der Waals surface area contributed by atoms with Crippen LogP contribution in [0.5, 0.6) is 0 Å². The number of carbonyl (C=O) groups is 1. The number of anilines is 2. The third-order valence-corrected chi connectivity index (χ3v) is 2.08. The summed E-state index contributed by atoms with van der Waals surface area (Å²) < 4.78 is 0. The molecule has 0 aliphatic heterocycles. The summed E-state index contributed by atoms with van der Waals surface area (Å²) in [5, 5.41) is 13.8. The second-order valence-corrected chi connectivity index (χ2v) is 3.76. The first-order valence-corrected chi connectivity index (χ1v) is 5.42. The molecule has 6 nitrogen and oxygen atoms in total. The van der Waals surface area contributed by atoms with Gasteiger partial charge in [-0.3, -0.25) is 0 Å². The van der Waals surface area contributed by atoms with Gasteiger partial charge in [0.15, 0.2) is 0 Å². The maximum absolute atomic E-state index is 11.4. The summed E-state index contributed by atoms with van der Waals surface area (Å²) in [6.45, 7) is 0.519. The molecule has 17 heavy (non-hydrogen) atoms. The van der Waals surface area contributed by atoms with Crippen molar-refractivity contribution in [2.45, 2.75) is 6.42 Å². The molecular formula is C11H18N4O2. The number of urea groups is 1. The smallest absolute Gasteiger partial charge is 0.319 e. The standard InChI is InChI=1S/C11H18N4O2/c1-15(2)10-5-4-9(8-13-10)14-11(17)12-6-3-7-16/h4-5,8,16H,3,6-7H2,1-2H3,(H2,12,14,17). The summed E-state index contributed by atoms with van der Waals surface area (Å²) in [5.74, 6) is 0.830. The molecule has 1 heterocycles. The number of aliphatic hydroxyl groups is 1. The molecule has 0 aliphatic carbocycles. The van der Waals surface area contributed by atoms with Gasteiger partial charge in [-0.15, -0.1) is 0 Å². The van der Waals surface area contributed by atoms with E-state index < -0.39 is 0 Å². The van der Waals surface area contributed by atoms with E-state index in [1.54, 1.807) is 12.3 Å². The van der Waals surface area contributed by atoms with E-state index in [1.165, 1.54) is 0 Å². The molecule has 0 bridgehead atoms. The lowest BCUT2D eigenvalue weighted by Gasteiger charge is -2.11. The van der Waals surface area contributed by atoms with Crippen LogP contribution in [-0.2, 0) is 0 Å². The molecule has 0 aliphatic rings. The van der Waals surface area contributed by atoms with Gasteiger partial charge in [0.25, 0.3) is 0 Å². The van der Waals surface area contributed by atoms with Crippen molar-refractivity contribution in [3.63, 3.8) is 0 Å². The molecule has 0 saturated heterocycles.